The van der Waals surface area contributed by atoms with Crippen molar-refractivity contribution in [3.63, 3.8) is 0 Å². The molecule has 0 fully saturated rings. The molecule has 0 bridgehead atoms. The molecule has 2 aromatic rings. The zero-order valence-electron chi connectivity index (χ0n) is 14.2. The first kappa shape index (κ1) is 21.8. The number of hydrogen-bond donors (Lipinski definition) is 0. The van der Waals surface area contributed by atoms with Crippen molar-refractivity contribution in [3.8, 4) is 0 Å². The van der Waals surface area contributed by atoms with Crippen molar-refractivity contribution in [2.45, 2.75) is 52.9 Å². The molecule has 0 spiro atoms. The molecule has 0 aliphatic heterocycles. The van der Waals surface area contributed by atoms with Gasteiger partial charge in [-0.2, -0.15) is 6.07 Å². The molecule has 0 saturated carbocycles. The van der Waals surface area contributed by atoms with Crippen molar-refractivity contribution in [1.29, 1.82) is 0 Å². The first-order valence-electron chi connectivity index (χ1n) is 6.76. The van der Waals surface area contributed by atoms with Crippen molar-refractivity contribution in [2.75, 3.05) is 0 Å². The third-order valence-corrected chi connectivity index (χ3v) is 3.63. The molecule has 1 heteroatoms. The minimum atomic E-state index is 0. The number of hydrogen-bond acceptors (Lipinski definition) is 0. The summed E-state index contributed by atoms with van der Waals surface area (Å²) in [7, 11) is 0. The molecule has 20 heavy (non-hydrogen) atoms. The maximum absolute atomic E-state index is 2.40. The van der Waals surface area contributed by atoms with Gasteiger partial charge in [-0.05, 0) is 18.3 Å². The van der Waals surface area contributed by atoms with Crippen LogP contribution >= 0.6 is 0 Å². The molecule has 1 radical (unpaired) electrons. The normalized spacial score (nSPS) is 10.2. The van der Waals surface area contributed by atoms with E-state index in [-0.39, 0.29) is 36.6 Å². The van der Waals surface area contributed by atoms with E-state index in [0.717, 1.165) is 6.42 Å². The van der Waals surface area contributed by atoms with Gasteiger partial charge in [0.05, 0.1) is 0 Å². The van der Waals surface area contributed by atoms with Crippen molar-refractivity contribution in [1.82, 2.24) is 0 Å². The van der Waals surface area contributed by atoms with E-state index in [1.165, 1.54) is 27.5 Å². The fourth-order valence-corrected chi connectivity index (χ4v) is 2.45. The first-order valence-corrected chi connectivity index (χ1v) is 6.76. The van der Waals surface area contributed by atoms with Crippen LogP contribution in [0.1, 0.15) is 63.1 Å². The predicted octanol–water partition coefficient (Wildman–Crippen LogP) is 6.27. The average Bonchev–Trinajstić information content (AvgIpc) is 2.69. The number of aryl methyl sites for hydroxylation is 1. The Balaban J connectivity index is 0. The standard InChI is InChI=1S/C17H23.2CH3.Ti/c1-6-13-7-15-9-14(11(2)3)10-16(12(4)5)17(15)8-13;;;/h7-12H,6H2,1-5H3;2*1H3;/q3*-1;+3. The molecule has 0 unspecified atom stereocenters. The van der Waals surface area contributed by atoms with Crippen LogP contribution in [-0.4, -0.2) is 0 Å². The molecule has 0 nitrogen and oxygen atoms in total. The zero-order chi connectivity index (χ0) is 12.6. The summed E-state index contributed by atoms with van der Waals surface area (Å²) >= 11 is 0. The maximum atomic E-state index is 2.40. The summed E-state index contributed by atoms with van der Waals surface area (Å²) in [4.78, 5) is 0. The topological polar surface area (TPSA) is 0 Å². The summed E-state index contributed by atoms with van der Waals surface area (Å²) in [5, 5.41) is 2.89. The summed E-state index contributed by atoms with van der Waals surface area (Å²) in [6, 6.07) is 9.49. The van der Waals surface area contributed by atoms with E-state index in [2.05, 4.69) is 58.9 Å². The summed E-state index contributed by atoms with van der Waals surface area (Å²) in [6.45, 7) is 11.4. The van der Waals surface area contributed by atoms with Crippen LogP contribution in [-0.2, 0) is 28.1 Å². The first-order chi connectivity index (χ1) is 8.02. The minimum Gasteiger partial charge on any atom is -0.358 e. The van der Waals surface area contributed by atoms with Gasteiger partial charge in [-0.25, -0.2) is 0 Å². The zero-order valence-corrected chi connectivity index (χ0v) is 15.7. The second kappa shape index (κ2) is 8.75. The summed E-state index contributed by atoms with van der Waals surface area (Å²) < 4.78 is 0. The van der Waals surface area contributed by atoms with Gasteiger partial charge in [-0.1, -0.05) is 51.8 Å². The maximum Gasteiger partial charge on any atom is 3.00 e. The largest absolute Gasteiger partial charge is 3.00 e. The minimum absolute atomic E-state index is 0. The van der Waals surface area contributed by atoms with Crippen molar-refractivity contribution in [2.24, 2.45) is 0 Å². The molecule has 0 amide bonds. The Labute approximate surface area is 141 Å². The predicted molar refractivity (Wildman–Crippen MR) is 89.9 cm³/mol. The van der Waals surface area contributed by atoms with Gasteiger partial charge < -0.3 is 14.9 Å². The van der Waals surface area contributed by atoms with E-state index in [0.29, 0.717) is 11.8 Å². The van der Waals surface area contributed by atoms with Crippen LogP contribution in [0.25, 0.3) is 10.8 Å². The van der Waals surface area contributed by atoms with E-state index in [1.54, 1.807) is 0 Å². The van der Waals surface area contributed by atoms with Crippen LogP contribution < -0.4 is 0 Å². The average molecular weight is 305 g/mol. The molecular formula is C19H29Ti. The Hall–Kier alpha value is -0.456. The Morgan fingerprint density at radius 1 is 0.950 bits per heavy atom. The van der Waals surface area contributed by atoms with Gasteiger partial charge in [0.2, 0.25) is 0 Å². The quantitative estimate of drug-likeness (QED) is 0.463. The van der Waals surface area contributed by atoms with Crippen molar-refractivity contribution in [3.05, 3.63) is 55.8 Å². The number of rotatable bonds is 3. The van der Waals surface area contributed by atoms with Crippen molar-refractivity contribution >= 4 is 10.8 Å². The summed E-state index contributed by atoms with van der Waals surface area (Å²) in [5.41, 5.74) is 4.43. The van der Waals surface area contributed by atoms with Gasteiger partial charge in [-0.15, -0.1) is 28.5 Å². The molecule has 0 aliphatic carbocycles. The Morgan fingerprint density at radius 3 is 2.00 bits per heavy atom. The van der Waals surface area contributed by atoms with Gasteiger partial charge >= 0.3 is 21.7 Å². The van der Waals surface area contributed by atoms with Crippen LogP contribution in [0.15, 0.2) is 24.3 Å². The van der Waals surface area contributed by atoms with Gasteiger partial charge in [0.15, 0.2) is 0 Å². The van der Waals surface area contributed by atoms with Gasteiger partial charge in [-0.3, -0.25) is 0 Å². The molecule has 0 aliphatic rings. The van der Waals surface area contributed by atoms with Crippen molar-refractivity contribution < 1.29 is 21.7 Å². The molecule has 0 heterocycles. The van der Waals surface area contributed by atoms with Crippen LogP contribution in [0.3, 0.4) is 0 Å². The van der Waals surface area contributed by atoms with Gasteiger partial charge in [0, 0.05) is 0 Å². The van der Waals surface area contributed by atoms with E-state index < -0.39 is 0 Å². The van der Waals surface area contributed by atoms with E-state index >= 15 is 0 Å². The molecule has 0 saturated heterocycles. The van der Waals surface area contributed by atoms with Crippen LogP contribution in [0.4, 0.5) is 0 Å². The monoisotopic (exact) mass is 305 g/mol. The molecule has 0 atom stereocenters. The molecular weight excluding hydrogens is 276 g/mol. The van der Waals surface area contributed by atoms with Crippen LogP contribution in [0, 0.1) is 14.9 Å². The third kappa shape index (κ3) is 4.27. The van der Waals surface area contributed by atoms with Crippen LogP contribution in [0.5, 0.6) is 0 Å². The SMILES string of the molecule is CCc1cc2c(C(C)C)cc(C(C)C)cc2[cH-]1.[CH3-].[CH3-].[Ti+3]. The number of benzene rings is 1. The van der Waals surface area contributed by atoms with E-state index in [1.807, 2.05) is 0 Å². The van der Waals surface area contributed by atoms with E-state index in [4.69, 9.17) is 0 Å². The molecule has 2 rings (SSSR count). The third-order valence-electron chi connectivity index (χ3n) is 3.63. The fourth-order valence-electron chi connectivity index (χ4n) is 2.45. The second-order valence-corrected chi connectivity index (χ2v) is 5.64. The van der Waals surface area contributed by atoms with Gasteiger partial charge in [0.25, 0.3) is 0 Å². The Morgan fingerprint density at radius 2 is 1.55 bits per heavy atom. The molecule has 0 N–H and O–H groups in total. The molecule has 109 valence electrons. The molecule has 2 aromatic carbocycles. The summed E-state index contributed by atoms with van der Waals surface area (Å²) in [6.07, 6.45) is 1.13. The van der Waals surface area contributed by atoms with E-state index in [9.17, 15) is 0 Å². The fraction of sp³-hybridized carbons (Fsp3) is 0.421. The Bertz CT molecular complexity index is 518. The second-order valence-electron chi connectivity index (χ2n) is 5.64. The van der Waals surface area contributed by atoms with Crippen LogP contribution in [0.2, 0.25) is 0 Å². The molecule has 0 aromatic heterocycles. The summed E-state index contributed by atoms with van der Waals surface area (Å²) in [5.74, 6) is 1.21. The number of fused-ring (bicyclic) bond motifs is 1. The Kier molecular flexibility index (Phi) is 9.55. The smallest absolute Gasteiger partial charge is 0.358 e. The van der Waals surface area contributed by atoms with Gasteiger partial charge in [0.1, 0.15) is 0 Å².